The average Bonchev–Trinajstić information content (AvgIpc) is 2.95. The van der Waals surface area contributed by atoms with E-state index < -0.39 is 12.0 Å². The largest absolute Gasteiger partial charge is 0.480 e. The Hall–Kier alpha value is -1.88. The number of carbonyl (C=O) groups excluding carboxylic acids is 1. The molecule has 1 heterocycles. The number of carbonyl (C=O) groups is 2. The number of carboxylic acids is 1. The molecule has 2 aromatic rings. The highest BCUT2D eigenvalue weighted by Crippen LogP contribution is 2.24. The van der Waals surface area contributed by atoms with Crippen molar-refractivity contribution in [3.8, 4) is 0 Å². The lowest BCUT2D eigenvalue weighted by atomic mass is 10.1. The second-order valence-corrected chi connectivity index (χ2v) is 6.12. The van der Waals surface area contributed by atoms with Crippen LogP contribution >= 0.6 is 15.9 Å². The number of amides is 1. The summed E-state index contributed by atoms with van der Waals surface area (Å²) in [5.74, 6) is -1.13. The van der Waals surface area contributed by atoms with E-state index in [1.54, 1.807) is 6.07 Å². The van der Waals surface area contributed by atoms with Gasteiger partial charge in [0, 0.05) is 16.6 Å². The van der Waals surface area contributed by atoms with Crippen molar-refractivity contribution >= 4 is 38.6 Å². The fourth-order valence-electron chi connectivity index (χ4n) is 2.78. The van der Waals surface area contributed by atoms with E-state index in [0.717, 1.165) is 21.7 Å². The number of nitrogens with zero attached hydrogens (tertiary/aromatic N) is 1. The van der Waals surface area contributed by atoms with E-state index in [4.69, 9.17) is 0 Å². The number of rotatable bonds is 2. The first-order valence-electron chi connectivity index (χ1n) is 6.79. The lowest BCUT2D eigenvalue weighted by molar-refractivity contribution is -0.141. The molecule has 0 bridgehead atoms. The first-order valence-corrected chi connectivity index (χ1v) is 7.58. The molecular formula is C16H14BrNO3. The normalized spacial score (nSPS) is 18.1. The summed E-state index contributed by atoms with van der Waals surface area (Å²) in [6.45, 7) is 0.508. The zero-order valence-corrected chi connectivity index (χ0v) is 12.8. The smallest absolute Gasteiger partial charge is 0.326 e. The predicted octanol–water partition coefficient (Wildman–Crippen LogP) is 3.29. The highest BCUT2D eigenvalue weighted by molar-refractivity contribution is 9.10. The second kappa shape index (κ2) is 5.48. The topological polar surface area (TPSA) is 57.6 Å². The molecule has 2 aromatic carbocycles. The summed E-state index contributed by atoms with van der Waals surface area (Å²) in [5.41, 5.74) is 0.540. The molecule has 1 amide bonds. The van der Waals surface area contributed by atoms with Gasteiger partial charge in [0.1, 0.15) is 6.04 Å². The number of hydrogen-bond acceptors (Lipinski definition) is 2. The van der Waals surface area contributed by atoms with Gasteiger partial charge in [0.15, 0.2) is 0 Å². The molecule has 1 N–H and O–H groups in total. The van der Waals surface area contributed by atoms with Crippen molar-refractivity contribution in [2.24, 2.45) is 0 Å². The summed E-state index contributed by atoms with van der Waals surface area (Å²) in [5, 5.41) is 11.2. The molecule has 1 saturated heterocycles. The molecular weight excluding hydrogens is 334 g/mol. The number of aliphatic carboxylic acids is 1. The standard InChI is InChI=1S/C16H14BrNO3/c17-13-6-5-10-8-12(4-3-11(10)9-13)15(19)18-7-1-2-14(18)16(20)21/h3-6,8-9,14H,1-2,7H2,(H,20,21)/t14-/m1/s1. The molecule has 1 aliphatic rings. The van der Waals surface area contributed by atoms with Crippen LogP contribution in [0.5, 0.6) is 0 Å². The van der Waals surface area contributed by atoms with Crippen LogP contribution in [0.3, 0.4) is 0 Å². The van der Waals surface area contributed by atoms with E-state index in [9.17, 15) is 14.7 Å². The summed E-state index contributed by atoms with van der Waals surface area (Å²) in [4.78, 5) is 25.2. The summed E-state index contributed by atoms with van der Waals surface area (Å²) < 4.78 is 0.986. The third-order valence-corrected chi connectivity index (χ3v) is 4.34. The summed E-state index contributed by atoms with van der Waals surface area (Å²) in [6.07, 6.45) is 1.27. The van der Waals surface area contributed by atoms with Gasteiger partial charge < -0.3 is 10.0 Å². The van der Waals surface area contributed by atoms with Crippen molar-refractivity contribution in [2.45, 2.75) is 18.9 Å². The van der Waals surface area contributed by atoms with Crippen LogP contribution in [-0.2, 0) is 4.79 Å². The Balaban J connectivity index is 1.94. The Morgan fingerprint density at radius 2 is 1.86 bits per heavy atom. The predicted molar refractivity (Wildman–Crippen MR) is 83.3 cm³/mol. The number of likely N-dealkylation sites (tertiary alicyclic amines) is 1. The fraction of sp³-hybridized carbons (Fsp3) is 0.250. The van der Waals surface area contributed by atoms with Crippen LogP contribution in [0, 0.1) is 0 Å². The Morgan fingerprint density at radius 3 is 2.62 bits per heavy atom. The minimum Gasteiger partial charge on any atom is -0.480 e. The van der Waals surface area contributed by atoms with Crippen molar-refractivity contribution in [3.63, 3.8) is 0 Å². The number of benzene rings is 2. The molecule has 5 heteroatoms. The van der Waals surface area contributed by atoms with Crippen LogP contribution < -0.4 is 0 Å². The van der Waals surface area contributed by atoms with Gasteiger partial charge in [-0.25, -0.2) is 4.79 Å². The summed E-state index contributed by atoms with van der Waals surface area (Å²) >= 11 is 3.42. The number of halogens is 1. The van der Waals surface area contributed by atoms with Crippen LogP contribution in [0.1, 0.15) is 23.2 Å². The molecule has 108 valence electrons. The van der Waals surface area contributed by atoms with Crippen LogP contribution in [0.25, 0.3) is 10.8 Å². The Labute approximate surface area is 130 Å². The third kappa shape index (κ3) is 2.65. The fourth-order valence-corrected chi connectivity index (χ4v) is 3.16. The molecule has 1 atom stereocenters. The molecule has 0 spiro atoms. The monoisotopic (exact) mass is 347 g/mol. The molecule has 0 unspecified atom stereocenters. The van der Waals surface area contributed by atoms with E-state index in [1.807, 2.05) is 30.3 Å². The van der Waals surface area contributed by atoms with Crippen LogP contribution in [0.15, 0.2) is 40.9 Å². The Bertz CT molecular complexity index is 729. The Morgan fingerprint density at radius 1 is 1.14 bits per heavy atom. The molecule has 3 rings (SSSR count). The minimum atomic E-state index is -0.925. The van der Waals surface area contributed by atoms with E-state index in [2.05, 4.69) is 15.9 Å². The van der Waals surface area contributed by atoms with Crippen molar-refractivity contribution in [3.05, 3.63) is 46.4 Å². The molecule has 0 saturated carbocycles. The number of carboxylic acid groups (broad SMARTS) is 1. The highest BCUT2D eigenvalue weighted by atomic mass is 79.9. The lowest BCUT2D eigenvalue weighted by Gasteiger charge is -2.21. The van der Waals surface area contributed by atoms with Gasteiger partial charge in [-0.1, -0.05) is 28.1 Å². The zero-order chi connectivity index (χ0) is 15.0. The van der Waals surface area contributed by atoms with E-state index in [-0.39, 0.29) is 5.91 Å². The molecule has 0 aliphatic carbocycles. The first kappa shape index (κ1) is 14.1. The number of fused-ring (bicyclic) bond motifs is 1. The van der Waals surface area contributed by atoms with Crippen LogP contribution in [0.4, 0.5) is 0 Å². The van der Waals surface area contributed by atoms with E-state index in [0.29, 0.717) is 18.5 Å². The average molecular weight is 348 g/mol. The van der Waals surface area contributed by atoms with Gasteiger partial charge in [-0.15, -0.1) is 0 Å². The maximum absolute atomic E-state index is 12.5. The molecule has 1 fully saturated rings. The van der Waals surface area contributed by atoms with E-state index in [1.165, 1.54) is 4.90 Å². The van der Waals surface area contributed by atoms with Gasteiger partial charge >= 0.3 is 5.97 Å². The van der Waals surface area contributed by atoms with Gasteiger partial charge in [-0.3, -0.25) is 4.79 Å². The van der Waals surface area contributed by atoms with Crippen molar-refractivity contribution in [1.29, 1.82) is 0 Å². The van der Waals surface area contributed by atoms with Crippen LogP contribution in [0.2, 0.25) is 0 Å². The van der Waals surface area contributed by atoms with Gasteiger partial charge in [0.25, 0.3) is 5.91 Å². The van der Waals surface area contributed by atoms with Gasteiger partial charge in [-0.05, 0) is 47.9 Å². The van der Waals surface area contributed by atoms with E-state index >= 15 is 0 Å². The summed E-state index contributed by atoms with van der Waals surface area (Å²) in [7, 11) is 0. The van der Waals surface area contributed by atoms with Gasteiger partial charge in [0.05, 0.1) is 0 Å². The SMILES string of the molecule is O=C(O)[C@H]1CCCN1C(=O)c1ccc2cc(Br)ccc2c1. The molecule has 21 heavy (non-hydrogen) atoms. The Kier molecular flexibility index (Phi) is 3.68. The molecule has 4 nitrogen and oxygen atoms in total. The zero-order valence-electron chi connectivity index (χ0n) is 11.3. The summed E-state index contributed by atoms with van der Waals surface area (Å²) in [6, 6.07) is 10.6. The minimum absolute atomic E-state index is 0.204. The maximum atomic E-state index is 12.5. The van der Waals surface area contributed by atoms with Crippen molar-refractivity contribution in [2.75, 3.05) is 6.54 Å². The third-order valence-electron chi connectivity index (χ3n) is 3.85. The quantitative estimate of drug-likeness (QED) is 0.906. The van der Waals surface area contributed by atoms with Gasteiger partial charge in [-0.2, -0.15) is 0 Å². The first-order chi connectivity index (χ1) is 10.1. The molecule has 1 aliphatic heterocycles. The lowest BCUT2D eigenvalue weighted by Crippen LogP contribution is -2.40. The highest BCUT2D eigenvalue weighted by Gasteiger charge is 2.34. The molecule has 0 radical (unpaired) electrons. The molecule has 0 aromatic heterocycles. The number of hydrogen-bond donors (Lipinski definition) is 1. The second-order valence-electron chi connectivity index (χ2n) is 5.20. The van der Waals surface area contributed by atoms with Crippen molar-refractivity contribution in [1.82, 2.24) is 4.90 Å². The van der Waals surface area contributed by atoms with Crippen molar-refractivity contribution < 1.29 is 14.7 Å². The van der Waals surface area contributed by atoms with Crippen LogP contribution in [-0.4, -0.2) is 34.5 Å². The van der Waals surface area contributed by atoms with Gasteiger partial charge in [0.2, 0.25) is 0 Å². The maximum Gasteiger partial charge on any atom is 0.326 e.